The first kappa shape index (κ1) is 11.7. The Morgan fingerprint density at radius 3 is 2.88 bits per heavy atom. The molecule has 1 amide bonds. The molecule has 1 aromatic rings. The largest absolute Gasteiger partial charge is 0.480 e. The lowest BCUT2D eigenvalue weighted by molar-refractivity contribution is -0.120. The lowest BCUT2D eigenvalue weighted by Crippen LogP contribution is -2.35. The summed E-state index contributed by atoms with van der Waals surface area (Å²) in [4.78, 5) is 24.3. The SMILES string of the molecule is COC(=O)c1cc(Cl)c2c(c1)N(C)C(=O)CO2. The van der Waals surface area contributed by atoms with Crippen molar-refractivity contribution < 1.29 is 19.1 Å². The summed E-state index contributed by atoms with van der Waals surface area (Å²) in [6.07, 6.45) is 0. The van der Waals surface area contributed by atoms with Gasteiger partial charge in [0.25, 0.3) is 5.91 Å². The lowest BCUT2D eigenvalue weighted by Gasteiger charge is -2.26. The molecule has 0 spiro atoms. The normalized spacial score (nSPS) is 14.1. The number of carbonyl (C=O) groups is 2. The van der Waals surface area contributed by atoms with E-state index in [1.54, 1.807) is 7.05 Å². The molecule has 1 aliphatic rings. The molecule has 0 bridgehead atoms. The molecule has 0 saturated carbocycles. The van der Waals surface area contributed by atoms with Crippen LogP contribution in [0, 0.1) is 0 Å². The van der Waals surface area contributed by atoms with Crippen LogP contribution in [0.15, 0.2) is 12.1 Å². The van der Waals surface area contributed by atoms with Gasteiger partial charge in [-0.05, 0) is 12.1 Å². The third-order valence-electron chi connectivity index (χ3n) is 2.52. The second-order valence-electron chi connectivity index (χ2n) is 3.54. The molecule has 0 N–H and O–H groups in total. The number of likely N-dealkylation sites (N-methyl/N-ethyl adjacent to an activating group) is 1. The predicted octanol–water partition coefficient (Wildman–Crippen LogP) is 1.48. The molecular formula is C11H10ClNO4. The Morgan fingerprint density at radius 1 is 1.53 bits per heavy atom. The molecule has 1 aliphatic heterocycles. The highest BCUT2D eigenvalue weighted by molar-refractivity contribution is 6.33. The Kier molecular flexibility index (Phi) is 2.93. The van der Waals surface area contributed by atoms with E-state index in [1.165, 1.54) is 24.1 Å². The van der Waals surface area contributed by atoms with Crippen LogP contribution in [0.3, 0.4) is 0 Å². The molecule has 2 rings (SSSR count). The summed E-state index contributed by atoms with van der Waals surface area (Å²) >= 11 is 5.99. The molecule has 0 atom stereocenters. The Hall–Kier alpha value is -1.75. The zero-order chi connectivity index (χ0) is 12.6. The highest BCUT2D eigenvalue weighted by atomic mass is 35.5. The zero-order valence-corrected chi connectivity index (χ0v) is 10.1. The van der Waals surface area contributed by atoms with Crippen LogP contribution in [0.1, 0.15) is 10.4 Å². The average molecular weight is 256 g/mol. The van der Waals surface area contributed by atoms with Gasteiger partial charge in [-0.2, -0.15) is 0 Å². The number of amides is 1. The molecular weight excluding hydrogens is 246 g/mol. The fraction of sp³-hybridized carbons (Fsp3) is 0.273. The monoisotopic (exact) mass is 255 g/mol. The maximum Gasteiger partial charge on any atom is 0.337 e. The second-order valence-corrected chi connectivity index (χ2v) is 3.95. The number of fused-ring (bicyclic) bond motifs is 1. The van der Waals surface area contributed by atoms with Gasteiger partial charge < -0.3 is 14.4 Å². The van der Waals surface area contributed by atoms with E-state index < -0.39 is 5.97 Å². The standard InChI is InChI=1S/C11H10ClNO4/c1-13-8-4-6(11(15)16-2)3-7(12)10(8)17-5-9(13)14/h3-4H,5H2,1-2H3. The minimum Gasteiger partial charge on any atom is -0.480 e. The molecule has 0 aliphatic carbocycles. The summed E-state index contributed by atoms with van der Waals surface area (Å²) in [6, 6.07) is 2.97. The summed E-state index contributed by atoms with van der Waals surface area (Å²) in [5.41, 5.74) is 0.746. The van der Waals surface area contributed by atoms with Crippen LogP contribution in [0.25, 0.3) is 0 Å². The van der Waals surface area contributed by atoms with Gasteiger partial charge in [-0.15, -0.1) is 0 Å². The maximum atomic E-state index is 11.5. The fourth-order valence-electron chi connectivity index (χ4n) is 1.57. The van der Waals surface area contributed by atoms with Crippen LogP contribution in [0.4, 0.5) is 5.69 Å². The fourth-order valence-corrected chi connectivity index (χ4v) is 1.84. The smallest absolute Gasteiger partial charge is 0.337 e. The quantitative estimate of drug-likeness (QED) is 0.714. The van der Waals surface area contributed by atoms with E-state index in [0.717, 1.165) is 0 Å². The van der Waals surface area contributed by atoms with Crippen LogP contribution < -0.4 is 9.64 Å². The molecule has 0 saturated heterocycles. The number of rotatable bonds is 1. The highest BCUT2D eigenvalue weighted by Crippen LogP contribution is 2.38. The molecule has 17 heavy (non-hydrogen) atoms. The summed E-state index contributed by atoms with van der Waals surface area (Å²) in [6.45, 7) is -0.0548. The van der Waals surface area contributed by atoms with Crippen molar-refractivity contribution in [2.75, 3.05) is 25.7 Å². The third kappa shape index (κ3) is 1.93. The van der Waals surface area contributed by atoms with Crippen molar-refractivity contribution in [1.82, 2.24) is 0 Å². The highest BCUT2D eigenvalue weighted by Gasteiger charge is 2.26. The number of anilines is 1. The third-order valence-corrected chi connectivity index (χ3v) is 2.80. The van der Waals surface area contributed by atoms with Crippen LogP contribution in [-0.2, 0) is 9.53 Å². The van der Waals surface area contributed by atoms with Crippen molar-refractivity contribution in [2.24, 2.45) is 0 Å². The van der Waals surface area contributed by atoms with Gasteiger partial charge >= 0.3 is 5.97 Å². The molecule has 0 unspecified atom stereocenters. The van der Waals surface area contributed by atoms with Crippen LogP contribution in [0.2, 0.25) is 5.02 Å². The van der Waals surface area contributed by atoms with Crippen molar-refractivity contribution in [1.29, 1.82) is 0 Å². The zero-order valence-electron chi connectivity index (χ0n) is 9.32. The molecule has 1 aromatic carbocycles. The number of halogens is 1. The minimum absolute atomic E-state index is 0.0548. The van der Waals surface area contributed by atoms with Crippen LogP contribution in [-0.4, -0.2) is 32.6 Å². The van der Waals surface area contributed by atoms with Gasteiger partial charge in [0, 0.05) is 7.05 Å². The first-order valence-corrected chi connectivity index (χ1v) is 5.23. The van der Waals surface area contributed by atoms with E-state index in [2.05, 4.69) is 4.74 Å². The maximum absolute atomic E-state index is 11.5. The summed E-state index contributed by atoms with van der Waals surface area (Å²) in [5.74, 6) is -0.307. The van der Waals surface area contributed by atoms with Gasteiger partial charge in [0.05, 0.1) is 23.4 Å². The van der Waals surface area contributed by atoms with Crippen molar-refractivity contribution >= 4 is 29.2 Å². The van der Waals surface area contributed by atoms with E-state index >= 15 is 0 Å². The molecule has 5 nitrogen and oxygen atoms in total. The van der Waals surface area contributed by atoms with Crippen molar-refractivity contribution in [2.45, 2.75) is 0 Å². The van der Waals surface area contributed by atoms with Crippen LogP contribution >= 0.6 is 11.6 Å². The van der Waals surface area contributed by atoms with Crippen molar-refractivity contribution in [3.8, 4) is 5.75 Å². The second kappa shape index (κ2) is 4.25. The number of esters is 1. The Bertz CT molecular complexity index is 500. The van der Waals surface area contributed by atoms with E-state index in [0.29, 0.717) is 11.4 Å². The first-order chi connectivity index (χ1) is 8.04. The number of ether oxygens (including phenoxy) is 2. The van der Waals surface area contributed by atoms with Crippen molar-refractivity contribution in [3.05, 3.63) is 22.7 Å². The first-order valence-electron chi connectivity index (χ1n) is 4.86. The topological polar surface area (TPSA) is 55.8 Å². The Morgan fingerprint density at radius 2 is 2.24 bits per heavy atom. The minimum atomic E-state index is -0.513. The molecule has 1 heterocycles. The predicted molar refractivity (Wildman–Crippen MR) is 61.7 cm³/mol. The van der Waals surface area contributed by atoms with Crippen molar-refractivity contribution in [3.63, 3.8) is 0 Å². The van der Waals surface area contributed by atoms with Gasteiger partial charge in [0.2, 0.25) is 0 Å². The lowest BCUT2D eigenvalue weighted by atomic mass is 10.1. The van der Waals surface area contributed by atoms with Gasteiger partial charge in [-0.1, -0.05) is 11.6 Å². The molecule has 90 valence electrons. The van der Waals surface area contributed by atoms with E-state index in [4.69, 9.17) is 16.3 Å². The number of hydrogen-bond donors (Lipinski definition) is 0. The summed E-state index contributed by atoms with van der Waals surface area (Å²) in [7, 11) is 2.88. The number of carbonyl (C=O) groups excluding carboxylic acids is 2. The van der Waals surface area contributed by atoms with Gasteiger partial charge in [-0.3, -0.25) is 4.79 Å². The summed E-state index contributed by atoms with van der Waals surface area (Å²) in [5, 5.41) is 0.280. The van der Waals surface area contributed by atoms with E-state index in [1.807, 2.05) is 0 Å². The van der Waals surface area contributed by atoms with Gasteiger partial charge in [-0.25, -0.2) is 4.79 Å². The number of hydrogen-bond acceptors (Lipinski definition) is 4. The molecule has 6 heteroatoms. The number of nitrogens with zero attached hydrogens (tertiary/aromatic N) is 1. The Labute approximate surface area is 103 Å². The Balaban J connectivity index is 2.55. The van der Waals surface area contributed by atoms with E-state index in [-0.39, 0.29) is 23.1 Å². The summed E-state index contributed by atoms with van der Waals surface area (Å²) < 4.78 is 9.83. The molecule has 0 aromatic heterocycles. The van der Waals surface area contributed by atoms with Gasteiger partial charge in [0.1, 0.15) is 0 Å². The molecule has 0 fully saturated rings. The van der Waals surface area contributed by atoms with E-state index in [9.17, 15) is 9.59 Å². The average Bonchev–Trinajstić information content (AvgIpc) is 2.33. The number of methoxy groups -OCH3 is 1. The number of benzene rings is 1. The molecule has 0 radical (unpaired) electrons. The van der Waals surface area contributed by atoms with Crippen LogP contribution in [0.5, 0.6) is 5.75 Å². The van der Waals surface area contributed by atoms with Gasteiger partial charge in [0.15, 0.2) is 12.4 Å².